The first kappa shape index (κ1) is 17.7. The first-order valence-corrected chi connectivity index (χ1v) is 8.05. The van der Waals surface area contributed by atoms with Crippen LogP contribution < -0.4 is 4.74 Å². The van der Waals surface area contributed by atoms with E-state index in [1.54, 1.807) is 0 Å². The van der Waals surface area contributed by atoms with Gasteiger partial charge in [0.1, 0.15) is 5.75 Å². The van der Waals surface area contributed by atoms with Crippen molar-refractivity contribution in [1.82, 2.24) is 4.90 Å². The summed E-state index contributed by atoms with van der Waals surface area (Å²) in [6, 6.07) is 7.53. The predicted octanol–water partition coefficient (Wildman–Crippen LogP) is 4.03. The molecule has 0 N–H and O–H groups in total. The summed E-state index contributed by atoms with van der Waals surface area (Å²) in [7, 11) is 0. The molecule has 0 aliphatic rings. The van der Waals surface area contributed by atoms with Crippen molar-refractivity contribution in [2.75, 3.05) is 26.2 Å². The quantitative estimate of drug-likeness (QED) is 0.610. The van der Waals surface area contributed by atoms with Gasteiger partial charge in [0.2, 0.25) is 0 Å². The van der Waals surface area contributed by atoms with Crippen LogP contribution in [0.1, 0.15) is 50.9 Å². The van der Waals surface area contributed by atoms with E-state index in [2.05, 4.69) is 32.6 Å². The van der Waals surface area contributed by atoms with E-state index in [-0.39, 0.29) is 5.78 Å². The van der Waals surface area contributed by atoms with Crippen LogP contribution in [-0.4, -0.2) is 36.9 Å². The minimum Gasteiger partial charge on any atom is -0.494 e. The smallest absolute Gasteiger partial charge is 0.164 e. The second-order valence-corrected chi connectivity index (χ2v) is 5.76. The van der Waals surface area contributed by atoms with Gasteiger partial charge in [0, 0.05) is 18.5 Å². The second kappa shape index (κ2) is 9.56. The van der Waals surface area contributed by atoms with Gasteiger partial charge in [-0.15, -0.1) is 0 Å². The molecular formula is C18H29NO2. The molecule has 0 saturated heterocycles. The molecule has 118 valence electrons. The molecule has 0 aliphatic carbocycles. The van der Waals surface area contributed by atoms with Gasteiger partial charge in [-0.1, -0.05) is 27.7 Å². The van der Waals surface area contributed by atoms with E-state index < -0.39 is 0 Å². The number of nitrogens with zero attached hydrogens (tertiary/aromatic N) is 1. The number of ether oxygens (including phenoxy) is 1. The molecule has 0 radical (unpaired) electrons. The molecule has 1 aromatic rings. The highest BCUT2D eigenvalue weighted by Crippen LogP contribution is 2.14. The third kappa shape index (κ3) is 6.76. The van der Waals surface area contributed by atoms with E-state index in [1.165, 1.54) is 0 Å². The molecule has 21 heavy (non-hydrogen) atoms. The van der Waals surface area contributed by atoms with E-state index in [4.69, 9.17) is 4.74 Å². The zero-order valence-electron chi connectivity index (χ0n) is 13.9. The van der Waals surface area contributed by atoms with Crippen LogP contribution in [0.3, 0.4) is 0 Å². The Bertz CT molecular complexity index is 408. The Morgan fingerprint density at radius 2 is 1.76 bits per heavy atom. The summed E-state index contributed by atoms with van der Waals surface area (Å²) in [5.41, 5.74) is 0.776. The third-order valence-electron chi connectivity index (χ3n) is 3.69. The lowest BCUT2D eigenvalue weighted by Crippen LogP contribution is -2.25. The second-order valence-electron chi connectivity index (χ2n) is 5.76. The Kier molecular flexibility index (Phi) is 8.06. The summed E-state index contributed by atoms with van der Waals surface area (Å²) in [6.45, 7) is 12.2. The maximum absolute atomic E-state index is 12.1. The van der Waals surface area contributed by atoms with Crippen LogP contribution in [0.25, 0.3) is 0 Å². The van der Waals surface area contributed by atoms with Gasteiger partial charge in [0.15, 0.2) is 5.78 Å². The number of hydrogen-bond acceptors (Lipinski definition) is 3. The molecule has 0 fully saturated rings. The fraction of sp³-hybridized carbons (Fsp3) is 0.611. The summed E-state index contributed by atoms with van der Waals surface area (Å²) in [5.74, 6) is 1.69. The maximum Gasteiger partial charge on any atom is 0.164 e. The first-order valence-electron chi connectivity index (χ1n) is 8.05. The van der Waals surface area contributed by atoms with Crippen LogP contribution in [0.15, 0.2) is 24.3 Å². The Morgan fingerprint density at radius 3 is 2.29 bits per heavy atom. The van der Waals surface area contributed by atoms with Gasteiger partial charge >= 0.3 is 0 Å². The van der Waals surface area contributed by atoms with Gasteiger partial charge in [-0.3, -0.25) is 4.79 Å². The molecule has 1 aromatic carbocycles. The van der Waals surface area contributed by atoms with Gasteiger partial charge in [0.25, 0.3) is 0 Å². The van der Waals surface area contributed by atoms with Gasteiger partial charge in [-0.2, -0.15) is 0 Å². The summed E-state index contributed by atoms with van der Waals surface area (Å²) in [6.07, 6.45) is 1.62. The first-order chi connectivity index (χ1) is 10.1. The van der Waals surface area contributed by atoms with E-state index >= 15 is 0 Å². The predicted molar refractivity (Wildman–Crippen MR) is 88.1 cm³/mol. The fourth-order valence-electron chi connectivity index (χ4n) is 2.09. The van der Waals surface area contributed by atoms with Crippen molar-refractivity contribution in [2.24, 2.45) is 5.92 Å². The van der Waals surface area contributed by atoms with Gasteiger partial charge in [-0.05, 0) is 49.7 Å². The average molecular weight is 291 g/mol. The van der Waals surface area contributed by atoms with Gasteiger partial charge in [0.05, 0.1) is 6.61 Å². The molecule has 0 unspecified atom stereocenters. The van der Waals surface area contributed by atoms with Crippen LogP contribution in [0.2, 0.25) is 0 Å². The number of benzene rings is 1. The van der Waals surface area contributed by atoms with Gasteiger partial charge in [-0.25, -0.2) is 0 Å². The third-order valence-corrected chi connectivity index (χ3v) is 3.69. The molecule has 1 rings (SSSR count). The number of rotatable bonds is 10. The van der Waals surface area contributed by atoms with E-state index in [0.717, 1.165) is 44.0 Å². The van der Waals surface area contributed by atoms with E-state index in [1.807, 2.05) is 24.3 Å². The van der Waals surface area contributed by atoms with Crippen LogP contribution >= 0.6 is 0 Å². The monoisotopic (exact) mass is 291 g/mol. The molecule has 0 aromatic heterocycles. The van der Waals surface area contributed by atoms with E-state index in [0.29, 0.717) is 12.3 Å². The molecule has 0 saturated carbocycles. The highest BCUT2D eigenvalue weighted by atomic mass is 16.5. The molecule has 0 amide bonds. The Morgan fingerprint density at radius 1 is 1.14 bits per heavy atom. The van der Waals surface area contributed by atoms with E-state index in [9.17, 15) is 4.79 Å². The summed E-state index contributed by atoms with van der Waals surface area (Å²) in [4.78, 5) is 14.4. The molecular weight excluding hydrogens is 262 g/mol. The maximum atomic E-state index is 12.1. The molecule has 3 heteroatoms. The highest BCUT2D eigenvalue weighted by molar-refractivity contribution is 5.96. The van der Waals surface area contributed by atoms with Crippen LogP contribution in [0.5, 0.6) is 5.75 Å². The zero-order valence-corrected chi connectivity index (χ0v) is 13.9. The lowest BCUT2D eigenvalue weighted by Gasteiger charge is -2.17. The summed E-state index contributed by atoms with van der Waals surface area (Å²) >= 11 is 0. The minimum absolute atomic E-state index is 0.204. The highest BCUT2D eigenvalue weighted by Gasteiger charge is 2.08. The SMILES string of the molecule is CCN(CC)CCC(=O)c1ccc(OCCC(C)C)cc1. The molecule has 0 bridgehead atoms. The Hall–Kier alpha value is -1.35. The van der Waals surface area contributed by atoms with Crippen molar-refractivity contribution >= 4 is 5.78 Å². The van der Waals surface area contributed by atoms with Crippen LogP contribution in [-0.2, 0) is 0 Å². The van der Waals surface area contributed by atoms with Crippen molar-refractivity contribution in [1.29, 1.82) is 0 Å². The van der Waals surface area contributed by atoms with Gasteiger partial charge < -0.3 is 9.64 Å². The van der Waals surface area contributed by atoms with Crippen LogP contribution in [0, 0.1) is 5.92 Å². The lowest BCUT2D eigenvalue weighted by atomic mass is 10.1. The van der Waals surface area contributed by atoms with Crippen molar-refractivity contribution in [2.45, 2.75) is 40.5 Å². The number of hydrogen-bond donors (Lipinski definition) is 0. The summed E-state index contributed by atoms with van der Waals surface area (Å²) in [5, 5.41) is 0. The lowest BCUT2D eigenvalue weighted by molar-refractivity contribution is 0.0966. The molecule has 0 atom stereocenters. The van der Waals surface area contributed by atoms with Crippen molar-refractivity contribution < 1.29 is 9.53 Å². The molecule has 3 nitrogen and oxygen atoms in total. The Labute approximate surface area is 129 Å². The average Bonchev–Trinajstić information content (AvgIpc) is 2.48. The molecule has 0 heterocycles. The summed E-state index contributed by atoms with van der Waals surface area (Å²) < 4.78 is 5.67. The normalized spacial score (nSPS) is 11.1. The number of Topliss-reactive ketones (excluding diaryl/α,β-unsaturated/α-hetero) is 1. The number of carbonyl (C=O) groups excluding carboxylic acids is 1. The van der Waals surface area contributed by atoms with Crippen molar-refractivity contribution in [3.63, 3.8) is 0 Å². The van der Waals surface area contributed by atoms with Crippen LogP contribution in [0.4, 0.5) is 0 Å². The molecule has 0 spiro atoms. The van der Waals surface area contributed by atoms with Crippen molar-refractivity contribution in [3.8, 4) is 5.75 Å². The topological polar surface area (TPSA) is 29.5 Å². The molecule has 0 aliphatic heterocycles. The zero-order chi connectivity index (χ0) is 15.7. The largest absolute Gasteiger partial charge is 0.494 e. The standard InChI is InChI=1S/C18H29NO2/c1-5-19(6-2)13-11-18(20)16-7-9-17(10-8-16)21-14-12-15(3)4/h7-10,15H,5-6,11-14H2,1-4H3. The Balaban J connectivity index is 2.43. The van der Waals surface area contributed by atoms with Crippen molar-refractivity contribution in [3.05, 3.63) is 29.8 Å². The minimum atomic E-state index is 0.204. The fourth-order valence-corrected chi connectivity index (χ4v) is 2.09. The number of ketones is 1. The number of carbonyl (C=O) groups is 1.